The van der Waals surface area contributed by atoms with Gasteiger partial charge < -0.3 is 16.0 Å². The molecule has 0 amide bonds. The highest BCUT2D eigenvalue weighted by molar-refractivity contribution is 6.08. The third-order valence-electron chi connectivity index (χ3n) is 7.26. The number of benzene rings is 2. The molecule has 0 bridgehead atoms. The largest absolute Gasteiger partial charge is 0.385 e. The van der Waals surface area contributed by atoms with Gasteiger partial charge in [0, 0.05) is 23.0 Å². The highest BCUT2D eigenvalue weighted by Crippen LogP contribution is 2.49. The number of pyridine rings is 1. The maximum absolute atomic E-state index is 6.80. The average molecular weight is 540 g/mol. The molecule has 206 valence electrons. The maximum Gasteiger partial charge on any atom is 0.131 e. The minimum Gasteiger partial charge on any atom is -0.385 e. The lowest BCUT2D eigenvalue weighted by molar-refractivity contribution is 0.923. The van der Waals surface area contributed by atoms with Gasteiger partial charge in [-0.05, 0) is 67.5 Å². The van der Waals surface area contributed by atoms with Gasteiger partial charge in [-0.25, -0.2) is 0 Å². The molecule has 5 nitrogen and oxygen atoms in total. The quantitative estimate of drug-likeness (QED) is 0.240. The number of fused-ring (bicyclic) bond motifs is 6. The number of para-hydroxylation sites is 2. The summed E-state index contributed by atoms with van der Waals surface area (Å²) in [6, 6.07) is 23.1. The highest BCUT2D eigenvalue weighted by atomic mass is 15.3. The number of nitrogens with two attached hydrogens (primary N) is 1. The second kappa shape index (κ2) is 12.0. The predicted molar refractivity (Wildman–Crippen MR) is 177 cm³/mol. The summed E-state index contributed by atoms with van der Waals surface area (Å²) in [6.07, 6.45) is 15.9. The topological polar surface area (TPSA) is 59.1 Å². The SMILES string of the molecule is C=C/C=C(\C=C/C)C(/C)=C/C=C(\N)n1c2c(c3ncccc31)NC1C(=C2)c2ccccc2N1c1ccccc1.CC. The van der Waals surface area contributed by atoms with E-state index in [-0.39, 0.29) is 6.17 Å². The van der Waals surface area contributed by atoms with Crippen LogP contribution in [-0.2, 0) is 0 Å². The Labute approximate surface area is 243 Å². The van der Waals surface area contributed by atoms with Crippen molar-refractivity contribution in [1.82, 2.24) is 9.55 Å². The summed E-state index contributed by atoms with van der Waals surface area (Å²) in [5, 5.41) is 3.84. The van der Waals surface area contributed by atoms with Crippen molar-refractivity contribution < 1.29 is 0 Å². The maximum atomic E-state index is 6.80. The van der Waals surface area contributed by atoms with Crippen LogP contribution < -0.4 is 16.0 Å². The van der Waals surface area contributed by atoms with Gasteiger partial charge in [0.15, 0.2) is 0 Å². The normalized spacial score (nSPS) is 16.4. The molecule has 6 rings (SSSR count). The zero-order valence-corrected chi connectivity index (χ0v) is 24.2. The number of rotatable bonds is 6. The molecule has 4 aromatic rings. The smallest absolute Gasteiger partial charge is 0.131 e. The monoisotopic (exact) mass is 539 g/mol. The van der Waals surface area contributed by atoms with Crippen LogP contribution in [0.15, 0.2) is 127 Å². The van der Waals surface area contributed by atoms with Crippen LogP contribution in [0, 0.1) is 0 Å². The minimum atomic E-state index is -0.0573. The van der Waals surface area contributed by atoms with Gasteiger partial charge in [-0.3, -0.25) is 9.55 Å². The predicted octanol–water partition coefficient (Wildman–Crippen LogP) is 8.90. The number of anilines is 3. The van der Waals surface area contributed by atoms with Crippen LogP contribution in [-0.4, -0.2) is 15.7 Å². The summed E-state index contributed by atoms with van der Waals surface area (Å²) in [4.78, 5) is 7.13. The Bertz CT molecular complexity index is 1730. The molecule has 0 radical (unpaired) electrons. The standard InChI is InChI=1S/C34H31N5.C2H6/c1-4-12-24(13-5-2)23(3)19-20-31(35)39-29-18-11-21-36-32(29)33-30(39)22-27-26-16-9-10-17-28(26)38(34(27)37-33)25-14-7-6-8-15-25;1-2/h4-22,34,37H,1,35H2,2-3H3;1-2H3/b13-5-,23-19+,24-12+,31-20+;. The summed E-state index contributed by atoms with van der Waals surface area (Å²) in [5.41, 5.74) is 17.5. The van der Waals surface area contributed by atoms with E-state index in [0.717, 1.165) is 39.2 Å². The first kappa shape index (κ1) is 27.5. The second-order valence-electron chi connectivity index (χ2n) is 9.63. The van der Waals surface area contributed by atoms with E-state index < -0.39 is 0 Å². The summed E-state index contributed by atoms with van der Waals surface area (Å²) >= 11 is 0. The molecular weight excluding hydrogens is 502 g/mol. The van der Waals surface area contributed by atoms with Crippen LogP contribution in [0.1, 0.15) is 39.0 Å². The molecule has 5 heteroatoms. The molecule has 3 N–H and O–H groups in total. The van der Waals surface area contributed by atoms with Crippen molar-refractivity contribution >= 4 is 45.6 Å². The van der Waals surface area contributed by atoms with E-state index in [1.54, 1.807) is 6.08 Å². The summed E-state index contributed by atoms with van der Waals surface area (Å²) in [7, 11) is 0. The van der Waals surface area contributed by atoms with Gasteiger partial charge in [0.2, 0.25) is 0 Å². The van der Waals surface area contributed by atoms with E-state index in [1.807, 2.05) is 63.4 Å². The third kappa shape index (κ3) is 4.91. The average Bonchev–Trinajstić information content (AvgIpc) is 3.52. The Kier molecular flexibility index (Phi) is 8.06. The first-order chi connectivity index (χ1) is 20.1. The molecular formula is C36H37N5. The molecule has 0 aliphatic carbocycles. The van der Waals surface area contributed by atoms with E-state index in [4.69, 9.17) is 10.7 Å². The lowest BCUT2D eigenvalue weighted by atomic mass is 10.0. The van der Waals surface area contributed by atoms with Crippen molar-refractivity contribution in [2.24, 2.45) is 5.73 Å². The Hall–Kier alpha value is -5.03. The molecule has 2 aliphatic heterocycles. The zero-order valence-electron chi connectivity index (χ0n) is 24.2. The molecule has 0 spiro atoms. The molecule has 0 saturated carbocycles. The van der Waals surface area contributed by atoms with Crippen molar-refractivity contribution in [2.45, 2.75) is 33.9 Å². The minimum absolute atomic E-state index is 0.0573. The van der Waals surface area contributed by atoms with Gasteiger partial charge in [-0.15, -0.1) is 0 Å². The number of nitrogens with one attached hydrogen (secondary N) is 1. The van der Waals surface area contributed by atoms with Gasteiger partial charge in [0.1, 0.15) is 17.5 Å². The van der Waals surface area contributed by atoms with E-state index in [0.29, 0.717) is 5.82 Å². The van der Waals surface area contributed by atoms with Gasteiger partial charge in [0.05, 0.1) is 22.6 Å². The summed E-state index contributed by atoms with van der Waals surface area (Å²) in [6.45, 7) is 11.9. The lowest BCUT2D eigenvalue weighted by Gasteiger charge is -2.31. The van der Waals surface area contributed by atoms with Crippen molar-refractivity contribution in [3.63, 3.8) is 0 Å². The first-order valence-corrected chi connectivity index (χ1v) is 14.1. The van der Waals surface area contributed by atoms with E-state index in [9.17, 15) is 0 Å². The molecule has 2 aliphatic rings. The molecule has 1 atom stereocenters. The van der Waals surface area contributed by atoms with Crippen LogP contribution in [0.3, 0.4) is 0 Å². The van der Waals surface area contributed by atoms with Gasteiger partial charge >= 0.3 is 0 Å². The van der Waals surface area contributed by atoms with Crippen LogP contribution in [0.25, 0.3) is 28.5 Å². The molecule has 2 aromatic carbocycles. The van der Waals surface area contributed by atoms with Crippen LogP contribution >= 0.6 is 0 Å². The Balaban J connectivity index is 0.00000165. The number of aromatic nitrogens is 2. The third-order valence-corrected chi connectivity index (χ3v) is 7.26. The van der Waals surface area contributed by atoms with Crippen LogP contribution in [0.5, 0.6) is 0 Å². The van der Waals surface area contributed by atoms with E-state index >= 15 is 0 Å². The number of hydrogen-bond donors (Lipinski definition) is 2. The number of hydrogen-bond acceptors (Lipinski definition) is 4. The van der Waals surface area contributed by atoms with Crippen molar-refractivity contribution in [2.75, 3.05) is 10.2 Å². The fourth-order valence-corrected chi connectivity index (χ4v) is 5.51. The van der Waals surface area contributed by atoms with Crippen LogP contribution in [0.4, 0.5) is 17.1 Å². The Morgan fingerprint density at radius 3 is 2.49 bits per heavy atom. The van der Waals surface area contributed by atoms with Gasteiger partial charge in [-0.2, -0.15) is 0 Å². The first-order valence-electron chi connectivity index (χ1n) is 14.1. The molecule has 41 heavy (non-hydrogen) atoms. The molecule has 2 aromatic heterocycles. The molecule has 4 heterocycles. The second-order valence-corrected chi connectivity index (χ2v) is 9.63. The fraction of sp³-hybridized carbons (Fsp3) is 0.139. The Morgan fingerprint density at radius 1 is 0.976 bits per heavy atom. The van der Waals surface area contributed by atoms with Crippen LogP contribution in [0.2, 0.25) is 0 Å². The fourth-order valence-electron chi connectivity index (χ4n) is 5.51. The highest BCUT2D eigenvalue weighted by Gasteiger charge is 2.39. The summed E-state index contributed by atoms with van der Waals surface area (Å²) in [5.74, 6) is 0.621. The van der Waals surface area contributed by atoms with Crippen molar-refractivity contribution in [3.05, 3.63) is 138 Å². The van der Waals surface area contributed by atoms with Crippen molar-refractivity contribution in [3.8, 4) is 0 Å². The summed E-state index contributed by atoms with van der Waals surface area (Å²) < 4.78 is 2.10. The number of nitrogens with zero attached hydrogens (tertiary/aromatic N) is 3. The molecule has 0 fully saturated rings. The molecule has 0 saturated heterocycles. The number of allylic oxidation sites excluding steroid dienone is 8. The van der Waals surface area contributed by atoms with Gasteiger partial charge in [-0.1, -0.05) is 87.2 Å². The van der Waals surface area contributed by atoms with E-state index in [2.05, 4.69) is 95.0 Å². The van der Waals surface area contributed by atoms with E-state index in [1.165, 1.54) is 16.8 Å². The lowest BCUT2D eigenvalue weighted by Crippen LogP contribution is -2.35. The Morgan fingerprint density at radius 2 is 1.73 bits per heavy atom. The van der Waals surface area contributed by atoms with Gasteiger partial charge in [0.25, 0.3) is 0 Å². The molecule has 1 unspecified atom stereocenters. The van der Waals surface area contributed by atoms with Crippen molar-refractivity contribution in [1.29, 1.82) is 0 Å². The zero-order chi connectivity index (χ0) is 28.9.